The Morgan fingerprint density at radius 1 is 1.31 bits per heavy atom. The number of aryl methyl sites for hydroxylation is 1. The molecule has 26 heavy (non-hydrogen) atoms. The molecule has 1 atom stereocenters. The number of aromatic nitrogens is 3. The van der Waals surface area contributed by atoms with Crippen LogP contribution in [0, 0.1) is 17.4 Å². The van der Waals surface area contributed by atoms with Crippen molar-refractivity contribution in [3.63, 3.8) is 0 Å². The van der Waals surface area contributed by atoms with Crippen LogP contribution >= 0.6 is 0 Å². The highest BCUT2D eigenvalue weighted by Gasteiger charge is 2.15. The molecule has 0 saturated carbocycles. The zero-order chi connectivity index (χ0) is 18.5. The molecular weight excluding hydrogens is 332 g/mol. The molecule has 0 radical (unpaired) electrons. The van der Waals surface area contributed by atoms with Crippen LogP contribution in [-0.2, 0) is 11.8 Å². The minimum absolute atomic E-state index is 0.248. The average molecular weight is 350 g/mol. The van der Waals surface area contributed by atoms with Crippen LogP contribution in [-0.4, -0.2) is 27.4 Å². The second kappa shape index (κ2) is 7.53. The smallest absolute Gasteiger partial charge is 0.231 e. The van der Waals surface area contributed by atoms with E-state index in [0.717, 1.165) is 16.7 Å². The van der Waals surface area contributed by atoms with Crippen LogP contribution in [0.1, 0.15) is 6.92 Å². The standard InChI is InChI=1S/C18H18N6O2/c1-12(8-20-11-19)18(25)22-17-7-16(23-26-17)14-5-3-13(4-6-14)15-9-21-24(2)10-15/h3-7,9-10,12,20H,8H2,1-2H3,(H,22,25)/t12-/m0/s1. The summed E-state index contributed by atoms with van der Waals surface area (Å²) in [5.41, 5.74) is 3.59. The SMILES string of the molecule is C[C@@H](CNC#N)C(=O)Nc1cc(-c2ccc(-c3cnn(C)c3)cc2)no1. The summed E-state index contributed by atoms with van der Waals surface area (Å²) in [5, 5.41) is 21.8. The molecule has 8 heteroatoms. The maximum atomic E-state index is 12.0. The molecule has 2 N–H and O–H groups in total. The lowest BCUT2D eigenvalue weighted by Crippen LogP contribution is -2.28. The molecule has 0 aliphatic carbocycles. The number of hydrogen-bond donors (Lipinski definition) is 2. The highest BCUT2D eigenvalue weighted by molar-refractivity contribution is 5.91. The predicted octanol–water partition coefficient (Wildman–Crippen LogP) is 2.39. The number of carbonyl (C=O) groups excluding carboxylic acids is 1. The monoisotopic (exact) mass is 350 g/mol. The Hall–Kier alpha value is -3.60. The van der Waals surface area contributed by atoms with Crippen LogP contribution in [0.25, 0.3) is 22.4 Å². The summed E-state index contributed by atoms with van der Waals surface area (Å²) in [6.45, 7) is 1.98. The molecule has 0 aliphatic heterocycles. The average Bonchev–Trinajstić information content (AvgIpc) is 3.29. The zero-order valence-electron chi connectivity index (χ0n) is 14.4. The van der Waals surface area contributed by atoms with E-state index >= 15 is 0 Å². The molecule has 2 aromatic heterocycles. The van der Waals surface area contributed by atoms with Crippen LogP contribution in [0.5, 0.6) is 0 Å². The molecule has 0 spiro atoms. The molecule has 8 nitrogen and oxygen atoms in total. The third-order valence-electron chi connectivity index (χ3n) is 3.91. The molecule has 0 aliphatic rings. The minimum atomic E-state index is -0.373. The summed E-state index contributed by atoms with van der Waals surface area (Å²) in [6, 6.07) is 9.50. The van der Waals surface area contributed by atoms with Crippen LogP contribution in [0.2, 0.25) is 0 Å². The van der Waals surface area contributed by atoms with Gasteiger partial charge in [0, 0.05) is 37.0 Å². The Balaban J connectivity index is 1.68. The second-order valence-electron chi connectivity index (χ2n) is 5.94. The zero-order valence-corrected chi connectivity index (χ0v) is 14.4. The molecule has 0 fully saturated rings. The van der Waals surface area contributed by atoms with Gasteiger partial charge in [0.2, 0.25) is 11.8 Å². The first-order chi connectivity index (χ1) is 12.6. The Labute approximate surface area is 150 Å². The van der Waals surface area contributed by atoms with Gasteiger partial charge in [0.1, 0.15) is 5.69 Å². The summed E-state index contributed by atoms with van der Waals surface area (Å²) in [4.78, 5) is 12.0. The van der Waals surface area contributed by atoms with Crippen LogP contribution in [0.15, 0.2) is 47.2 Å². The Kier molecular flexibility index (Phi) is 4.99. The van der Waals surface area contributed by atoms with Crippen molar-refractivity contribution in [1.82, 2.24) is 20.3 Å². The van der Waals surface area contributed by atoms with E-state index in [2.05, 4.69) is 20.9 Å². The van der Waals surface area contributed by atoms with E-state index in [-0.39, 0.29) is 24.3 Å². The topological polar surface area (TPSA) is 109 Å². The predicted molar refractivity (Wildman–Crippen MR) is 95.6 cm³/mol. The van der Waals surface area contributed by atoms with Crippen molar-refractivity contribution in [3.8, 4) is 28.6 Å². The number of nitriles is 1. The second-order valence-corrected chi connectivity index (χ2v) is 5.94. The molecule has 0 bridgehead atoms. The van der Waals surface area contributed by atoms with Gasteiger partial charge in [-0.3, -0.25) is 14.8 Å². The number of carbonyl (C=O) groups is 1. The van der Waals surface area contributed by atoms with Gasteiger partial charge in [-0.05, 0) is 5.56 Å². The summed E-state index contributed by atoms with van der Waals surface area (Å²) in [6.07, 6.45) is 5.54. The lowest BCUT2D eigenvalue weighted by atomic mass is 10.1. The lowest BCUT2D eigenvalue weighted by molar-refractivity contribution is -0.119. The number of hydrogen-bond acceptors (Lipinski definition) is 6. The van der Waals surface area contributed by atoms with Crippen molar-refractivity contribution < 1.29 is 9.32 Å². The van der Waals surface area contributed by atoms with Gasteiger partial charge in [-0.1, -0.05) is 36.3 Å². The van der Waals surface area contributed by atoms with E-state index < -0.39 is 0 Å². The first kappa shape index (κ1) is 17.2. The fourth-order valence-electron chi connectivity index (χ4n) is 2.41. The Morgan fingerprint density at radius 3 is 2.69 bits per heavy atom. The van der Waals surface area contributed by atoms with Crippen molar-refractivity contribution in [2.24, 2.45) is 13.0 Å². The van der Waals surface area contributed by atoms with Crippen molar-refractivity contribution in [2.45, 2.75) is 6.92 Å². The van der Waals surface area contributed by atoms with Gasteiger partial charge in [0.05, 0.1) is 12.1 Å². The van der Waals surface area contributed by atoms with Crippen LogP contribution < -0.4 is 10.6 Å². The molecule has 3 rings (SSSR count). The minimum Gasteiger partial charge on any atom is -0.338 e. The van der Waals surface area contributed by atoms with Gasteiger partial charge < -0.3 is 9.84 Å². The molecule has 2 heterocycles. The number of nitrogens with zero attached hydrogens (tertiary/aromatic N) is 4. The number of nitrogens with one attached hydrogen (secondary N) is 2. The summed E-state index contributed by atoms with van der Waals surface area (Å²) < 4.78 is 6.93. The molecule has 3 aromatic rings. The van der Waals surface area contributed by atoms with Gasteiger partial charge in [-0.15, -0.1) is 0 Å². The molecule has 132 valence electrons. The van der Waals surface area contributed by atoms with Crippen molar-refractivity contribution >= 4 is 11.8 Å². The van der Waals surface area contributed by atoms with Gasteiger partial charge >= 0.3 is 0 Å². The third kappa shape index (κ3) is 3.89. The van der Waals surface area contributed by atoms with E-state index in [9.17, 15) is 4.79 Å². The van der Waals surface area contributed by atoms with E-state index in [4.69, 9.17) is 9.78 Å². The quantitative estimate of drug-likeness (QED) is 0.522. The van der Waals surface area contributed by atoms with Gasteiger partial charge in [-0.25, -0.2) is 0 Å². The highest BCUT2D eigenvalue weighted by atomic mass is 16.5. The van der Waals surface area contributed by atoms with E-state index in [1.807, 2.05) is 37.5 Å². The van der Waals surface area contributed by atoms with E-state index in [1.165, 1.54) is 0 Å². The molecule has 0 saturated heterocycles. The fourth-order valence-corrected chi connectivity index (χ4v) is 2.41. The van der Waals surface area contributed by atoms with Gasteiger partial charge in [0.25, 0.3) is 0 Å². The summed E-state index contributed by atoms with van der Waals surface area (Å²) in [7, 11) is 1.88. The maximum Gasteiger partial charge on any atom is 0.231 e. The Morgan fingerprint density at radius 2 is 2.04 bits per heavy atom. The molecule has 1 aromatic carbocycles. The van der Waals surface area contributed by atoms with Crippen LogP contribution in [0.4, 0.5) is 5.88 Å². The largest absolute Gasteiger partial charge is 0.338 e. The normalized spacial score (nSPS) is 11.6. The molecule has 1 amide bonds. The number of rotatable bonds is 6. The molecule has 0 unspecified atom stereocenters. The van der Waals surface area contributed by atoms with Crippen LogP contribution in [0.3, 0.4) is 0 Å². The first-order valence-electron chi connectivity index (χ1n) is 8.06. The lowest BCUT2D eigenvalue weighted by Gasteiger charge is -2.08. The number of amides is 1. The van der Waals surface area contributed by atoms with E-state index in [0.29, 0.717) is 5.69 Å². The Bertz CT molecular complexity index is 935. The first-order valence-corrected chi connectivity index (χ1v) is 8.06. The maximum absolute atomic E-state index is 12.0. The number of benzene rings is 1. The highest BCUT2D eigenvalue weighted by Crippen LogP contribution is 2.25. The van der Waals surface area contributed by atoms with Gasteiger partial charge in [-0.2, -0.15) is 10.4 Å². The fraction of sp³-hybridized carbons (Fsp3) is 0.222. The van der Waals surface area contributed by atoms with Crippen molar-refractivity contribution in [1.29, 1.82) is 5.26 Å². The van der Waals surface area contributed by atoms with Gasteiger partial charge in [0.15, 0.2) is 6.19 Å². The summed E-state index contributed by atoms with van der Waals surface area (Å²) >= 11 is 0. The van der Waals surface area contributed by atoms with E-state index in [1.54, 1.807) is 30.1 Å². The van der Waals surface area contributed by atoms with Crippen molar-refractivity contribution in [3.05, 3.63) is 42.7 Å². The summed E-state index contributed by atoms with van der Waals surface area (Å²) in [5.74, 6) is -0.352. The number of anilines is 1. The third-order valence-corrected chi connectivity index (χ3v) is 3.91. The molecular formula is C18H18N6O2. The van der Waals surface area contributed by atoms with Crippen molar-refractivity contribution in [2.75, 3.05) is 11.9 Å².